The number of carbonyl (C=O) groups is 2. The molecule has 0 saturated heterocycles. The molecule has 1 aliphatic rings. The number of hydrogen-bond donors (Lipinski definition) is 1. The summed E-state index contributed by atoms with van der Waals surface area (Å²) in [4.78, 5) is 29.4. The molecule has 27 heavy (non-hydrogen) atoms. The lowest BCUT2D eigenvalue weighted by molar-refractivity contribution is -0.120. The van der Waals surface area contributed by atoms with Gasteiger partial charge in [0.25, 0.3) is 11.8 Å². The molecule has 6 heteroatoms. The molecule has 0 bridgehead atoms. The minimum absolute atomic E-state index is 0.126. The second-order valence-electron chi connectivity index (χ2n) is 6.61. The number of halogens is 1. The largest absolute Gasteiger partial charge is 0.395 e. The Hall–Kier alpha value is -2.63. The van der Waals surface area contributed by atoms with Crippen LogP contribution in [0.4, 0.5) is 5.69 Å². The third kappa shape index (κ3) is 3.48. The lowest BCUT2D eigenvalue weighted by Gasteiger charge is -2.21. The van der Waals surface area contributed by atoms with Gasteiger partial charge in [0.2, 0.25) is 0 Å². The molecule has 0 atom stereocenters. The van der Waals surface area contributed by atoms with Crippen LogP contribution in [0.2, 0.25) is 5.02 Å². The molecule has 1 N–H and O–H groups in total. The number of aliphatic hydroxyl groups excluding tert-OH is 1. The van der Waals surface area contributed by atoms with E-state index in [1.165, 1.54) is 4.90 Å². The number of nitrogens with zero attached hydrogens (tertiary/aromatic N) is 2. The maximum Gasteiger partial charge on any atom is 0.282 e. The Morgan fingerprint density at radius 1 is 1.04 bits per heavy atom. The second-order valence-corrected chi connectivity index (χ2v) is 7.05. The topological polar surface area (TPSA) is 60.9 Å². The summed E-state index contributed by atoms with van der Waals surface area (Å²) in [6, 6.07) is 12.5. The molecule has 0 aliphatic carbocycles. The number of aryl methyl sites for hydroxylation is 2. The van der Waals surface area contributed by atoms with Crippen molar-refractivity contribution in [1.29, 1.82) is 0 Å². The first-order valence-electron chi connectivity index (χ1n) is 8.63. The van der Waals surface area contributed by atoms with Crippen molar-refractivity contribution >= 4 is 34.7 Å². The number of anilines is 1. The van der Waals surface area contributed by atoms with E-state index in [-0.39, 0.29) is 24.8 Å². The molecule has 5 nitrogen and oxygen atoms in total. The number of aliphatic hydroxyl groups is 1. The number of likely N-dealkylation sites (N-methyl/N-ethyl adjacent to an activating group) is 1. The zero-order valence-electron chi connectivity index (χ0n) is 15.5. The lowest BCUT2D eigenvalue weighted by atomic mass is 10.0. The Kier molecular flexibility index (Phi) is 5.35. The van der Waals surface area contributed by atoms with Gasteiger partial charge in [0.1, 0.15) is 5.70 Å². The smallest absolute Gasteiger partial charge is 0.282 e. The molecule has 0 fully saturated rings. The van der Waals surface area contributed by atoms with Crippen LogP contribution in [0.15, 0.2) is 48.2 Å². The van der Waals surface area contributed by atoms with Crippen LogP contribution >= 0.6 is 11.6 Å². The Morgan fingerprint density at radius 2 is 1.70 bits per heavy atom. The number of carbonyl (C=O) groups excluding carboxylic acids is 2. The normalized spacial score (nSPS) is 14.3. The van der Waals surface area contributed by atoms with E-state index in [1.54, 1.807) is 36.2 Å². The monoisotopic (exact) mass is 384 g/mol. The van der Waals surface area contributed by atoms with Crippen LogP contribution in [0, 0.1) is 13.8 Å². The van der Waals surface area contributed by atoms with Crippen molar-refractivity contribution in [3.05, 3.63) is 69.9 Å². The third-order valence-corrected chi connectivity index (χ3v) is 4.87. The summed E-state index contributed by atoms with van der Waals surface area (Å²) in [6.45, 7) is 3.90. The standard InChI is InChI=1S/C21H21ClN2O3/c1-13-4-5-14(2)17(12-13)24-20(26)18(15-6-8-16(22)9-7-15)19(21(24)27)23(3)10-11-25/h4-9,12,25H,10-11H2,1-3H3. The van der Waals surface area contributed by atoms with Crippen molar-refractivity contribution < 1.29 is 14.7 Å². The molecular weight excluding hydrogens is 364 g/mol. The van der Waals surface area contributed by atoms with Crippen molar-refractivity contribution in [3.63, 3.8) is 0 Å². The van der Waals surface area contributed by atoms with E-state index < -0.39 is 5.91 Å². The summed E-state index contributed by atoms with van der Waals surface area (Å²) in [5.41, 5.74) is 3.57. The highest BCUT2D eigenvalue weighted by atomic mass is 35.5. The summed E-state index contributed by atoms with van der Waals surface area (Å²) >= 11 is 5.97. The highest BCUT2D eigenvalue weighted by Gasteiger charge is 2.42. The van der Waals surface area contributed by atoms with Gasteiger partial charge in [-0.25, -0.2) is 4.90 Å². The summed E-state index contributed by atoms with van der Waals surface area (Å²) in [6.07, 6.45) is 0. The van der Waals surface area contributed by atoms with Gasteiger partial charge in [0, 0.05) is 18.6 Å². The number of amides is 2. The average Bonchev–Trinajstić information content (AvgIpc) is 2.89. The van der Waals surface area contributed by atoms with Crippen LogP contribution < -0.4 is 4.90 Å². The molecule has 2 amide bonds. The number of hydrogen-bond acceptors (Lipinski definition) is 4. The van der Waals surface area contributed by atoms with Crippen LogP contribution in [0.1, 0.15) is 16.7 Å². The third-order valence-electron chi connectivity index (χ3n) is 4.61. The predicted octanol–water partition coefficient (Wildman–Crippen LogP) is 3.17. The van der Waals surface area contributed by atoms with E-state index in [1.807, 2.05) is 32.0 Å². The van der Waals surface area contributed by atoms with E-state index >= 15 is 0 Å². The Balaban J connectivity index is 2.16. The van der Waals surface area contributed by atoms with Gasteiger partial charge in [-0.15, -0.1) is 0 Å². The molecular formula is C21H21ClN2O3. The van der Waals surface area contributed by atoms with Crippen molar-refractivity contribution in [1.82, 2.24) is 4.90 Å². The van der Waals surface area contributed by atoms with Crippen molar-refractivity contribution in [2.24, 2.45) is 0 Å². The molecule has 0 spiro atoms. The Labute approximate surface area is 163 Å². The summed E-state index contributed by atoms with van der Waals surface area (Å²) in [5.74, 6) is -0.773. The minimum atomic E-state index is -0.394. The first-order valence-corrected chi connectivity index (χ1v) is 9.01. The average molecular weight is 385 g/mol. The number of imide groups is 1. The van der Waals surface area contributed by atoms with Gasteiger partial charge >= 0.3 is 0 Å². The van der Waals surface area contributed by atoms with Crippen LogP contribution in [0.5, 0.6) is 0 Å². The summed E-state index contributed by atoms with van der Waals surface area (Å²) in [7, 11) is 1.69. The van der Waals surface area contributed by atoms with E-state index in [0.29, 0.717) is 21.8 Å². The quantitative estimate of drug-likeness (QED) is 0.804. The van der Waals surface area contributed by atoms with Gasteiger partial charge in [-0.1, -0.05) is 35.9 Å². The Bertz CT molecular complexity index is 935. The van der Waals surface area contributed by atoms with Crippen LogP contribution in [0.25, 0.3) is 5.57 Å². The molecule has 0 saturated carbocycles. The van der Waals surface area contributed by atoms with Gasteiger partial charge in [-0.05, 0) is 48.7 Å². The molecule has 2 aromatic rings. The van der Waals surface area contributed by atoms with Gasteiger partial charge in [0.15, 0.2) is 0 Å². The first kappa shape index (κ1) is 19.1. The number of rotatable bonds is 5. The minimum Gasteiger partial charge on any atom is -0.395 e. The highest BCUT2D eigenvalue weighted by Crippen LogP contribution is 2.36. The molecule has 3 rings (SSSR count). The molecule has 140 valence electrons. The van der Waals surface area contributed by atoms with Gasteiger partial charge in [0.05, 0.1) is 17.9 Å². The lowest BCUT2D eigenvalue weighted by Crippen LogP contribution is -2.35. The van der Waals surface area contributed by atoms with E-state index in [2.05, 4.69) is 0 Å². The summed E-state index contributed by atoms with van der Waals surface area (Å²) in [5, 5.41) is 9.86. The first-order chi connectivity index (χ1) is 12.8. The SMILES string of the molecule is Cc1ccc(C)c(N2C(=O)C(c3ccc(Cl)cc3)=C(N(C)CCO)C2=O)c1. The fraction of sp³-hybridized carbons (Fsp3) is 0.238. The van der Waals surface area contributed by atoms with Crippen molar-refractivity contribution in [2.75, 3.05) is 25.1 Å². The van der Waals surface area contributed by atoms with Gasteiger partial charge in [-0.3, -0.25) is 9.59 Å². The zero-order chi connectivity index (χ0) is 19.7. The van der Waals surface area contributed by atoms with Gasteiger partial charge in [-0.2, -0.15) is 0 Å². The van der Waals surface area contributed by atoms with Crippen molar-refractivity contribution in [2.45, 2.75) is 13.8 Å². The van der Waals surface area contributed by atoms with Crippen LogP contribution in [-0.4, -0.2) is 42.0 Å². The molecule has 0 radical (unpaired) electrons. The highest BCUT2D eigenvalue weighted by molar-refractivity contribution is 6.45. The summed E-state index contributed by atoms with van der Waals surface area (Å²) < 4.78 is 0. The molecule has 0 unspecified atom stereocenters. The molecule has 0 aromatic heterocycles. The Morgan fingerprint density at radius 3 is 2.33 bits per heavy atom. The van der Waals surface area contributed by atoms with Crippen LogP contribution in [-0.2, 0) is 9.59 Å². The second kappa shape index (κ2) is 7.55. The molecule has 1 heterocycles. The van der Waals surface area contributed by atoms with E-state index in [9.17, 15) is 14.7 Å². The predicted molar refractivity (Wildman–Crippen MR) is 106 cm³/mol. The van der Waals surface area contributed by atoms with Gasteiger partial charge < -0.3 is 10.0 Å². The van der Waals surface area contributed by atoms with Crippen molar-refractivity contribution in [3.8, 4) is 0 Å². The maximum atomic E-state index is 13.3. The van der Waals surface area contributed by atoms with Crippen LogP contribution in [0.3, 0.4) is 0 Å². The molecule has 2 aromatic carbocycles. The fourth-order valence-electron chi connectivity index (χ4n) is 3.19. The maximum absolute atomic E-state index is 13.3. The molecule has 1 aliphatic heterocycles. The number of benzene rings is 2. The van der Waals surface area contributed by atoms with E-state index in [4.69, 9.17) is 11.6 Å². The zero-order valence-corrected chi connectivity index (χ0v) is 16.2. The fourth-order valence-corrected chi connectivity index (χ4v) is 3.32. The van der Waals surface area contributed by atoms with E-state index in [0.717, 1.165) is 11.1 Å².